The van der Waals surface area contributed by atoms with E-state index in [4.69, 9.17) is 0 Å². The van der Waals surface area contributed by atoms with Crippen LogP contribution in [0.5, 0.6) is 0 Å². The predicted molar refractivity (Wildman–Crippen MR) is 60.2 cm³/mol. The molecule has 0 saturated heterocycles. The lowest BCUT2D eigenvalue weighted by atomic mass is 10.2. The SMILES string of the molecule is CS(=O)(=O)N1CCNc2ccccc2C1. The summed E-state index contributed by atoms with van der Waals surface area (Å²) in [5, 5.41) is 3.22. The highest BCUT2D eigenvalue weighted by Gasteiger charge is 2.20. The Labute approximate surface area is 90.0 Å². The van der Waals surface area contributed by atoms with Gasteiger partial charge in [0, 0.05) is 25.3 Å². The van der Waals surface area contributed by atoms with Gasteiger partial charge in [-0.1, -0.05) is 18.2 Å². The van der Waals surface area contributed by atoms with Gasteiger partial charge in [0.2, 0.25) is 10.0 Å². The van der Waals surface area contributed by atoms with E-state index in [-0.39, 0.29) is 0 Å². The molecule has 0 saturated carbocycles. The van der Waals surface area contributed by atoms with E-state index in [1.165, 1.54) is 10.6 Å². The summed E-state index contributed by atoms with van der Waals surface area (Å²) in [4.78, 5) is 0. The fourth-order valence-electron chi connectivity index (χ4n) is 1.70. The van der Waals surface area contributed by atoms with Crippen LogP contribution in [-0.4, -0.2) is 32.1 Å². The van der Waals surface area contributed by atoms with Crippen LogP contribution >= 0.6 is 0 Å². The Hall–Kier alpha value is -1.07. The lowest BCUT2D eigenvalue weighted by Gasteiger charge is -2.16. The summed E-state index contributed by atoms with van der Waals surface area (Å²) in [5.41, 5.74) is 2.06. The Morgan fingerprint density at radius 1 is 1.33 bits per heavy atom. The normalized spacial score (nSPS) is 17.7. The number of sulfonamides is 1. The topological polar surface area (TPSA) is 49.4 Å². The number of hydrogen-bond acceptors (Lipinski definition) is 3. The van der Waals surface area contributed by atoms with Crippen molar-refractivity contribution < 1.29 is 8.42 Å². The van der Waals surface area contributed by atoms with Crippen molar-refractivity contribution in [1.82, 2.24) is 4.31 Å². The first kappa shape index (κ1) is 10.4. The van der Waals surface area contributed by atoms with Crippen molar-refractivity contribution >= 4 is 15.7 Å². The van der Waals surface area contributed by atoms with Gasteiger partial charge in [0.15, 0.2) is 0 Å². The van der Waals surface area contributed by atoms with E-state index in [0.29, 0.717) is 19.6 Å². The summed E-state index contributed by atoms with van der Waals surface area (Å²) in [6, 6.07) is 7.79. The van der Waals surface area contributed by atoms with Crippen molar-refractivity contribution in [3.63, 3.8) is 0 Å². The van der Waals surface area contributed by atoms with Crippen molar-refractivity contribution in [2.24, 2.45) is 0 Å². The first-order valence-electron chi connectivity index (χ1n) is 4.84. The Balaban J connectivity index is 2.33. The molecule has 0 radical (unpaired) electrons. The minimum atomic E-state index is -3.10. The monoisotopic (exact) mass is 226 g/mol. The van der Waals surface area contributed by atoms with Gasteiger partial charge < -0.3 is 5.32 Å². The van der Waals surface area contributed by atoms with Gasteiger partial charge in [-0.25, -0.2) is 8.42 Å². The molecule has 0 atom stereocenters. The molecule has 1 heterocycles. The molecule has 1 aliphatic heterocycles. The molecule has 5 heteroatoms. The molecule has 0 unspecified atom stereocenters. The Morgan fingerprint density at radius 2 is 2.07 bits per heavy atom. The lowest BCUT2D eigenvalue weighted by Crippen LogP contribution is -2.31. The molecular weight excluding hydrogens is 212 g/mol. The molecule has 1 aliphatic rings. The highest BCUT2D eigenvalue weighted by Crippen LogP contribution is 2.20. The van der Waals surface area contributed by atoms with Crippen LogP contribution in [0.3, 0.4) is 0 Å². The highest BCUT2D eigenvalue weighted by atomic mass is 32.2. The zero-order valence-electron chi connectivity index (χ0n) is 8.60. The van der Waals surface area contributed by atoms with E-state index in [1.807, 2.05) is 24.3 Å². The molecular formula is C10H14N2O2S. The van der Waals surface area contributed by atoms with Gasteiger partial charge in [-0.05, 0) is 11.6 Å². The maximum Gasteiger partial charge on any atom is 0.211 e. The highest BCUT2D eigenvalue weighted by molar-refractivity contribution is 7.88. The molecule has 4 nitrogen and oxygen atoms in total. The van der Waals surface area contributed by atoms with Crippen LogP contribution in [0.1, 0.15) is 5.56 Å². The quantitative estimate of drug-likeness (QED) is 0.773. The van der Waals surface area contributed by atoms with Crippen LogP contribution < -0.4 is 5.32 Å². The zero-order chi connectivity index (χ0) is 10.9. The summed E-state index contributed by atoms with van der Waals surface area (Å²) >= 11 is 0. The molecule has 0 bridgehead atoms. The van der Waals surface area contributed by atoms with Crippen LogP contribution in [-0.2, 0) is 16.6 Å². The van der Waals surface area contributed by atoms with Crippen molar-refractivity contribution in [2.45, 2.75) is 6.54 Å². The van der Waals surface area contributed by atoms with Crippen molar-refractivity contribution in [3.05, 3.63) is 29.8 Å². The van der Waals surface area contributed by atoms with Gasteiger partial charge in [0.25, 0.3) is 0 Å². The molecule has 0 fully saturated rings. The molecule has 0 amide bonds. The van der Waals surface area contributed by atoms with Gasteiger partial charge in [0.1, 0.15) is 0 Å². The molecule has 15 heavy (non-hydrogen) atoms. The summed E-state index contributed by atoms with van der Waals surface area (Å²) in [7, 11) is -3.10. The standard InChI is InChI=1S/C10H14N2O2S/c1-15(13,14)12-7-6-11-10-5-3-2-4-9(10)8-12/h2-5,11H,6-8H2,1H3. The second-order valence-corrected chi connectivity index (χ2v) is 5.66. The molecule has 1 N–H and O–H groups in total. The van der Waals surface area contributed by atoms with Crippen LogP contribution in [0.25, 0.3) is 0 Å². The molecule has 1 aromatic carbocycles. The van der Waals surface area contributed by atoms with E-state index in [1.54, 1.807) is 0 Å². The third kappa shape index (κ3) is 2.30. The summed E-state index contributed by atoms with van der Waals surface area (Å²) < 4.78 is 24.4. The van der Waals surface area contributed by atoms with Crippen LogP contribution in [0.4, 0.5) is 5.69 Å². The van der Waals surface area contributed by atoms with Crippen LogP contribution in [0, 0.1) is 0 Å². The van der Waals surface area contributed by atoms with Gasteiger partial charge in [-0.3, -0.25) is 0 Å². The number of benzene rings is 1. The molecule has 0 aromatic heterocycles. The number of nitrogens with one attached hydrogen (secondary N) is 1. The molecule has 0 spiro atoms. The first-order valence-corrected chi connectivity index (χ1v) is 6.69. The van der Waals surface area contributed by atoms with Gasteiger partial charge in [0.05, 0.1) is 6.26 Å². The number of hydrogen-bond donors (Lipinski definition) is 1. The number of para-hydroxylation sites is 1. The number of anilines is 1. The molecule has 82 valence electrons. The zero-order valence-corrected chi connectivity index (χ0v) is 9.42. The van der Waals surface area contributed by atoms with Crippen molar-refractivity contribution in [3.8, 4) is 0 Å². The molecule has 0 aliphatic carbocycles. The first-order chi connectivity index (χ1) is 7.07. The van der Waals surface area contributed by atoms with Gasteiger partial charge >= 0.3 is 0 Å². The van der Waals surface area contributed by atoms with Crippen LogP contribution in [0.2, 0.25) is 0 Å². The Morgan fingerprint density at radius 3 is 2.80 bits per heavy atom. The van der Waals surface area contributed by atoms with Gasteiger partial charge in [-0.15, -0.1) is 0 Å². The van der Waals surface area contributed by atoms with Crippen LogP contribution in [0.15, 0.2) is 24.3 Å². The van der Waals surface area contributed by atoms with E-state index in [2.05, 4.69) is 5.32 Å². The largest absolute Gasteiger partial charge is 0.383 e. The summed E-state index contributed by atoms with van der Waals surface area (Å²) in [6.45, 7) is 1.64. The second-order valence-electron chi connectivity index (χ2n) is 3.68. The Bertz CT molecular complexity index is 456. The number of nitrogens with zero attached hydrogens (tertiary/aromatic N) is 1. The summed E-state index contributed by atoms with van der Waals surface area (Å²) in [6.07, 6.45) is 1.25. The maximum absolute atomic E-state index is 11.4. The molecule has 1 aromatic rings. The summed E-state index contributed by atoms with van der Waals surface area (Å²) in [5.74, 6) is 0. The minimum Gasteiger partial charge on any atom is -0.383 e. The van der Waals surface area contributed by atoms with E-state index < -0.39 is 10.0 Å². The average molecular weight is 226 g/mol. The molecule has 2 rings (SSSR count). The second kappa shape index (κ2) is 3.83. The van der Waals surface area contributed by atoms with Gasteiger partial charge in [-0.2, -0.15) is 4.31 Å². The minimum absolute atomic E-state index is 0.460. The van der Waals surface area contributed by atoms with E-state index in [0.717, 1.165) is 11.3 Å². The fraction of sp³-hybridized carbons (Fsp3) is 0.400. The number of fused-ring (bicyclic) bond motifs is 1. The third-order valence-corrected chi connectivity index (χ3v) is 3.76. The maximum atomic E-state index is 11.4. The lowest BCUT2D eigenvalue weighted by molar-refractivity contribution is 0.428. The van der Waals surface area contributed by atoms with E-state index in [9.17, 15) is 8.42 Å². The fourth-order valence-corrected chi connectivity index (χ4v) is 2.49. The third-order valence-electron chi connectivity index (χ3n) is 2.51. The van der Waals surface area contributed by atoms with Crippen molar-refractivity contribution in [1.29, 1.82) is 0 Å². The smallest absolute Gasteiger partial charge is 0.211 e. The average Bonchev–Trinajstić information content (AvgIpc) is 2.38. The predicted octanol–water partition coefficient (Wildman–Crippen LogP) is 0.874. The van der Waals surface area contributed by atoms with E-state index >= 15 is 0 Å². The van der Waals surface area contributed by atoms with Crippen molar-refractivity contribution in [2.75, 3.05) is 24.7 Å². The number of rotatable bonds is 1. The Kier molecular flexibility index (Phi) is 2.67.